The average molecular weight is 247 g/mol. The van der Waals surface area contributed by atoms with Crippen molar-refractivity contribution in [3.05, 3.63) is 0 Å². The van der Waals surface area contributed by atoms with Crippen LogP contribution in [0.15, 0.2) is 0 Å². The van der Waals surface area contributed by atoms with E-state index >= 15 is 0 Å². The molecule has 0 aromatic carbocycles. The van der Waals surface area contributed by atoms with Gasteiger partial charge in [0.25, 0.3) is 0 Å². The van der Waals surface area contributed by atoms with Gasteiger partial charge in [-0.1, -0.05) is 6.92 Å². The number of alkyl halides is 2. The van der Waals surface area contributed by atoms with Gasteiger partial charge in [0.15, 0.2) is 0 Å². The van der Waals surface area contributed by atoms with E-state index in [1.54, 1.807) is 6.92 Å². The molecule has 0 saturated heterocycles. The Morgan fingerprint density at radius 1 is 1.23 bits per heavy atom. The molecule has 0 fully saturated rings. The summed E-state index contributed by atoms with van der Waals surface area (Å²) in [6, 6.07) is 0. The van der Waals surface area contributed by atoms with E-state index < -0.39 is 9.84 Å². The molecule has 0 spiro atoms. The Bertz CT molecular complexity index is 210. The number of sulfone groups is 1. The molecule has 13 heavy (non-hydrogen) atoms. The summed E-state index contributed by atoms with van der Waals surface area (Å²) < 4.78 is 22.2. The molecule has 0 aromatic rings. The summed E-state index contributed by atoms with van der Waals surface area (Å²) in [4.78, 5) is 0. The minimum atomic E-state index is -2.82. The Labute approximate surface area is 90.5 Å². The first-order valence-corrected chi connectivity index (χ1v) is 7.27. The van der Waals surface area contributed by atoms with E-state index in [-0.39, 0.29) is 17.4 Å². The van der Waals surface area contributed by atoms with Crippen LogP contribution in [0.1, 0.15) is 19.8 Å². The average Bonchev–Trinajstić information content (AvgIpc) is 2.12. The molecule has 0 unspecified atom stereocenters. The fourth-order valence-electron chi connectivity index (χ4n) is 0.932. The Balaban J connectivity index is 3.67. The van der Waals surface area contributed by atoms with Gasteiger partial charge in [0.1, 0.15) is 9.84 Å². The summed E-state index contributed by atoms with van der Waals surface area (Å²) in [5, 5.41) is 0. The minimum Gasteiger partial charge on any atom is -0.229 e. The second-order valence-corrected chi connectivity index (χ2v) is 6.14. The molecular formula is C8H16Cl2O2S. The van der Waals surface area contributed by atoms with Gasteiger partial charge >= 0.3 is 0 Å². The van der Waals surface area contributed by atoms with Crippen molar-refractivity contribution in [1.29, 1.82) is 0 Å². The number of halogens is 2. The van der Waals surface area contributed by atoms with E-state index in [2.05, 4.69) is 0 Å². The highest BCUT2D eigenvalue weighted by atomic mass is 35.5. The third-order valence-electron chi connectivity index (χ3n) is 1.94. The van der Waals surface area contributed by atoms with Crippen LogP contribution in [0, 0.1) is 5.92 Å². The number of rotatable bonds is 7. The molecular weight excluding hydrogens is 231 g/mol. The molecule has 0 aromatic heterocycles. The molecule has 0 aliphatic carbocycles. The van der Waals surface area contributed by atoms with Crippen molar-refractivity contribution >= 4 is 33.0 Å². The van der Waals surface area contributed by atoms with Crippen molar-refractivity contribution in [2.75, 3.05) is 23.3 Å². The highest BCUT2D eigenvalue weighted by Gasteiger charge is 2.10. The third kappa shape index (κ3) is 6.58. The standard InChI is InChI=1S/C8H16Cl2O2S/c1-2-13(11,12)5-3-4-8(6-9)7-10/h8H,2-7H2,1H3. The lowest BCUT2D eigenvalue weighted by Gasteiger charge is -2.08. The van der Waals surface area contributed by atoms with Gasteiger partial charge in [-0.15, -0.1) is 23.2 Å². The van der Waals surface area contributed by atoms with Gasteiger partial charge in [0, 0.05) is 17.5 Å². The maximum atomic E-state index is 11.1. The molecule has 0 atom stereocenters. The van der Waals surface area contributed by atoms with Crippen molar-refractivity contribution in [2.45, 2.75) is 19.8 Å². The Morgan fingerprint density at radius 2 is 1.77 bits per heavy atom. The quantitative estimate of drug-likeness (QED) is 0.647. The van der Waals surface area contributed by atoms with E-state index in [0.717, 1.165) is 6.42 Å². The number of hydrogen-bond donors (Lipinski definition) is 0. The maximum Gasteiger partial charge on any atom is 0.150 e. The molecule has 0 radical (unpaired) electrons. The van der Waals surface area contributed by atoms with E-state index in [1.807, 2.05) is 0 Å². The van der Waals surface area contributed by atoms with E-state index in [9.17, 15) is 8.42 Å². The number of hydrogen-bond acceptors (Lipinski definition) is 2. The molecule has 0 aliphatic rings. The first-order chi connectivity index (χ1) is 6.05. The first-order valence-electron chi connectivity index (χ1n) is 4.38. The Hall–Kier alpha value is 0.530. The predicted octanol–water partition coefficient (Wildman–Crippen LogP) is 2.30. The summed E-state index contributed by atoms with van der Waals surface area (Å²) in [5.41, 5.74) is 0. The fraction of sp³-hybridized carbons (Fsp3) is 1.00. The Kier molecular flexibility index (Phi) is 7.19. The van der Waals surface area contributed by atoms with Crippen LogP contribution in [0.25, 0.3) is 0 Å². The first kappa shape index (κ1) is 13.5. The lowest BCUT2D eigenvalue weighted by Crippen LogP contribution is -2.11. The van der Waals surface area contributed by atoms with Crippen LogP contribution < -0.4 is 0 Å². The second-order valence-electron chi connectivity index (χ2n) is 3.05. The van der Waals surface area contributed by atoms with E-state index in [1.165, 1.54) is 0 Å². The van der Waals surface area contributed by atoms with Crippen molar-refractivity contribution in [2.24, 2.45) is 5.92 Å². The monoisotopic (exact) mass is 246 g/mol. The van der Waals surface area contributed by atoms with E-state index in [0.29, 0.717) is 18.2 Å². The minimum absolute atomic E-state index is 0.222. The summed E-state index contributed by atoms with van der Waals surface area (Å²) in [6.07, 6.45) is 1.46. The molecule has 0 N–H and O–H groups in total. The van der Waals surface area contributed by atoms with Crippen LogP contribution in [-0.4, -0.2) is 31.7 Å². The molecule has 80 valence electrons. The smallest absolute Gasteiger partial charge is 0.150 e. The molecule has 2 nitrogen and oxygen atoms in total. The van der Waals surface area contributed by atoms with Crippen molar-refractivity contribution in [3.8, 4) is 0 Å². The molecule has 0 bridgehead atoms. The van der Waals surface area contributed by atoms with Gasteiger partial charge < -0.3 is 0 Å². The summed E-state index contributed by atoms with van der Waals surface area (Å²) in [6.45, 7) is 1.66. The van der Waals surface area contributed by atoms with E-state index in [4.69, 9.17) is 23.2 Å². The molecule has 0 saturated carbocycles. The lowest BCUT2D eigenvalue weighted by molar-refractivity contribution is 0.567. The Morgan fingerprint density at radius 3 is 2.15 bits per heavy atom. The third-order valence-corrected chi connectivity index (χ3v) is 4.61. The highest BCUT2D eigenvalue weighted by Crippen LogP contribution is 2.11. The zero-order valence-corrected chi connectivity index (χ0v) is 10.1. The largest absolute Gasteiger partial charge is 0.229 e. The summed E-state index contributed by atoms with van der Waals surface area (Å²) >= 11 is 11.2. The van der Waals surface area contributed by atoms with Crippen LogP contribution in [0.5, 0.6) is 0 Å². The highest BCUT2D eigenvalue weighted by molar-refractivity contribution is 7.91. The van der Waals surface area contributed by atoms with Crippen molar-refractivity contribution in [3.63, 3.8) is 0 Å². The summed E-state index contributed by atoms with van der Waals surface area (Å²) in [5.74, 6) is 1.74. The van der Waals surface area contributed by atoms with Crippen LogP contribution in [0.4, 0.5) is 0 Å². The lowest BCUT2D eigenvalue weighted by atomic mass is 10.1. The predicted molar refractivity (Wildman–Crippen MR) is 58.5 cm³/mol. The zero-order chi connectivity index (χ0) is 10.3. The zero-order valence-electron chi connectivity index (χ0n) is 7.80. The SMILES string of the molecule is CCS(=O)(=O)CCCC(CCl)CCl. The van der Waals surface area contributed by atoms with Crippen LogP contribution in [0.2, 0.25) is 0 Å². The molecule has 0 amide bonds. The van der Waals surface area contributed by atoms with Gasteiger partial charge in [-0.2, -0.15) is 0 Å². The molecule has 5 heteroatoms. The summed E-state index contributed by atoms with van der Waals surface area (Å²) in [7, 11) is -2.82. The van der Waals surface area contributed by atoms with Gasteiger partial charge in [0.05, 0.1) is 5.75 Å². The molecule has 0 rings (SSSR count). The topological polar surface area (TPSA) is 34.1 Å². The molecule has 0 heterocycles. The van der Waals surface area contributed by atoms with Crippen LogP contribution >= 0.6 is 23.2 Å². The second kappa shape index (κ2) is 6.91. The molecule has 0 aliphatic heterocycles. The fourth-order valence-corrected chi connectivity index (χ4v) is 2.47. The van der Waals surface area contributed by atoms with Gasteiger partial charge in [0.2, 0.25) is 0 Å². The van der Waals surface area contributed by atoms with Crippen LogP contribution in [-0.2, 0) is 9.84 Å². The van der Waals surface area contributed by atoms with Crippen molar-refractivity contribution in [1.82, 2.24) is 0 Å². The van der Waals surface area contributed by atoms with Gasteiger partial charge in [-0.3, -0.25) is 0 Å². The van der Waals surface area contributed by atoms with Gasteiger partial charge in [-0.05, 0) is 18.8 Å². The van der Waals surface area contributed by atoms with Crippen LogP contribution in [0.3, 0.4) is 0 Å². The maximum absolute atomic E-state index is 11.1. The van der Waals surface area contributed by atoms with Crippen molar-refractivity contribution < 1.29 is 8.42 Å². The normalized spacial score (nSPS) is 12.3. The van der Waals surface area contributed by atoms with Gasteiger partial charge in [-0.25, -0.2) is 8.42 Å².